The van der Waals surface area contributed by atoms with Crippen LogP contribution in [0.1, 0.15) is 51.0 Å². The summed E-state index contributed by atoms with van der Waals surface area (Å²) in [6.07, 6.45) is 3.28. The van der Waals surface area contributed by atoms with Gasteiger partial charge in [0.05, 0.1) is 28.9 Å². The number of hydrogen-bond acceptors (Lipinski definition) is 5. The number of furan rings is 1. The largest absolute Gasteiger partial charge is 0.463 e. The van der Waals surface area contributed by atoms with Gasteiger partial charge in [-0.05, 0) is 44.9 Å². The number of halogens is 2. The highest BCUT2D eigenvalue weighted by atomic mass is 35.5. The van der Waals surface area contributed by atoms with E-state index in [1.54, 1.807) is 24.6 Å². The number of aromatic nitrogens is 3. The van der Waals surface area contributed by atoms with Crippen LogP contribution in [0.25, 0.3) is 22.5 Å². The zero-order chi connectivity index (χ0) is 19.8. The van der Waals surface area contributed by atoms with Crippen LogP contribution >= 0.6 is 24.8 Å². The third-order valence-electron chi connectivity index (χ3n) is 5.17. The Kier molecular flexibility index (Phi) is 8.26. The van der Waals surface area contributed by atoms with E-state index in [2.05, 4.69) is 10.4 Å². The maximum absolute atomic E-state index is 13.2. The van der Waals surface area contributed by atoms with Crippen LogP contribution in [0.2, 0.25) is 0 Å². The summed E-state index contributed by atoms with van der Waals surface area (Å²) in [4.78, 5) is 17.9. The molecular formula is C20H29Cl2N5O2. The molecule has 9 heteroatoms. The van der Waals surface area contributed by atoms with Gasteiger partial charge in [0.15, 0.2) is 11.4 Å². The van der Waals surface area contributed by atoms with Gasteiger partial charge in [-0.15, -0.1) is 24.8 Å². The Morgan fingerprint density at radius 1 is 1.31 bits per heavy atom. The minimum atomic E-state index is -0.508. The Balaban J connectivity index is 0.00000210. The first-order valence-electron chi connectivity index (χ1n) is 9.21. The van der Waals surface area contributed by atoms with Crippen LogP contribution in [0.5, 0.6) is 0 Å². The van der Waals surface area contributed by atoms with E-state index >= 15 is 0 Å². The van der Waals surface area contributed by atoms with E-state index in [1.807, 2.05) is 45.4 Å². The Labute approximate surface area is 183 Å². The van der Waals surface area contributed by atoms with Gasteiger partial charge >= 0.3 is 0 Å². The van der Waals surface area contributed by atoms with Crippen LogP contribution in [0.4, 0.5) is 0 Å². The molecular weight excluding hydrogens is 413 g/mol. The highest BCUT2D eigenvalue weighted by Crippen LogP contribution is 2.27. The number of nitrogens with two attached hydrogens (primary N) is 1. The van der Waals surface area contributed by atoms with Gasteiger partial charge in [-0.1, -0.05) is 13.8 Å². The Hall–Kier alpha value is -2.09. The zero-order valence-corrected chi connectivity index (χ0v) is 18.9. The number of hydrogen-bond donors (Lipinski definition) is 2. The molecule has 0 fully saturated rings. The van der Waals surface area contributed by atoms with Gasteiger partial charge in [-0.2, -0.15) is 5.10 Å². The molecule has 3 heterocycles. The summed E-state index contributed by atoms with van der Waals surface area (Å²) >= 11 is 0. The minimum absolute atomic E-state index is 0. The molecule has 3 rings (SSSR count). The molecule has 0 bridgehead atoms. The quantitative estimate of drug-likeness (QED) is 0.596. The Bertz CT molecular complexity index is 953. The van der Waals surface area contributed by atoms with Crippen molar-refractivity contribution < 1.29 is 9.21 Å². The number of pyridine rings is 1. The van der Waals surface area contributed by atoms with E-state index in [0.29, 0.717) is 34.6 Å². The summed E-state index contributed by atoms with van der Waals surface area (Å²) in [5, 5.41) is 8.24. The van der Waals surface area contributed by atoms with Crippen molar-refractivity contribution in [2.75, 3.05) is 6.54 Å². The van der Waals surface area contributed by atoms with Crippen LogP contribution in [-0.2, 0) is 0 Å². The number of fused-ring (bicyclic) bond motifs is 1. The predicted molar refractivity (Wildman–Crippen MR) is 120 cm³/mol. The second-order valence-corrected chi connectivity index (χ2v) is 7.68. The van der Waals surface area contributed by atoms with Crippen molar-refractivity contribution in [1.29, 1.82) is 0 Å². The number of rotatable bonds is 6. The lowest BCUT2D eigenvalue weighted by molar-refractivity contribution is 0.0885. The van der Waals surface area contributed by atoms with Gasteiger partial charge < -0.3 is 15.5 Å². The van der Waals surface area contributed by atoms with Crippen molar-refractivity contribution in [1.82, 2.24) is 20.1 Å². The minimum Gasteiger partial charge on any atom is -0.463 e. The summed E-state index contributed by atoms with van der Waals surface area (Å²) in [6.45, 7) is 10.4. The molecule has 0 aliphatic rings. The fourth-order valence-corrected chi connectivity index (χ4v) is 2.89. The second-order valence-electron chi connectivity index (χ2n) is 7.68. The molecule has 0 aliphatic heterocycles. The molecule has 1 amide bonds. The average Bonchev–Trinajstić information content (AvgIpc) is 3.29. The molecule has 0 saturated heterocycles. The maximum Gasteiger partial charge on any atom is 0.252 e. The molecule has 3 aromatic heterocycles. The molecule has 0 radical (unpaired) electrons. The van der Waals surface area contributed by atoms with E-state index in [-0.39, 0.29) is 42.7 Å². The van der Waals surface area contributed by atoms with Crippen molar-refractivity contribution in [2.24, 2.45) is 11.7 Å². The van der Waals surface area contributed by atoms with E-state index in [4.69, 9.17) is 15.1 Å². The number of amides is 1. The van der Waals surface area contributed by atoms with Gasteiger partial charge in [0.2, 0.25) is 0 Å². The third kappa shape index (κ3) is 4.74. The molecule has 1 unspecified atom stereocenters. The number of carbonyl (C=O) groups is 1. The maximum atomic E-state index is 13.2. The summed E-state index contributed by atoms with van der Waals surface area (Å²) in [7, 11) is 0. The molecule has 0 saturated carbocycles. The van der Waals surface area contributed by atoms with Crippen LogP contribution < -0.4 is 11.1 Å². The van der Waals surface area contributed by atoms with Crippen LogP contribution in [0.3, 0.4) is 0 Å². The van der Waals surface area contributed by atoms with Crippen LogP contribution in [0.15, 0.2) is 35.1 Å². The van der Waals surface area contributed by atoms with Gasteiger partial charge in [-0.3, -0.25) is 4.79 Å². The van der Waals surface area contributed by atoms with Gasteiger partial charge in [-0.25, -0.2) is 9.67 Å². The molecule has 1 atom stereocenters. The van der Waals surface area contributed by atoms with Crippen molar-refractivity contribution in [3.05, 3.63) is 36.2 Å². The van der Waals surface area contributed by atoms with Gasteiger partial charge in [0, 0.05) is 12.6 Å². The summed E-state index contributed by atoms with van der Waals surface area (Å²) < 4.78 is 7.31. The zero-order valence-electron chi connectivity index (χ0n) is 17.3. The molecule has 29 heavy (non-hydrogen) atoms. The summed E-state index contributed by atoms with van der Waals surface area (Å²) in [5.74, 6) is 0.597. The van der Waals surface area contributed by atoms with E-state index in [0.717, 1.165) is 0 Å². The molecule has 160 valence electrons. The lowest BCUT2D eigenvalue weighted by Gasteiger charge is -2.33. The lowest BCUT2D eigenvalue weighted by Crippen LogP contribution is -2.55. The second kappa shape index (κ2) is 9.61. The predicted octanol–water partition coefficient (Wildman–Crippen LogP) is 4.22. The molecule has 0 spiro atoms. The third-order valence-corrected chi connectivity index (χ3v) is 5.17. The number of nitrogens with one attached hydrogen (secondary N) is 1. The number of carbonyl (C=O) groups excluding carboxylic acids is 1. The topological polar surface area (TPSA) is 99.0 Å². The van der Waals surface area contributed by atoms with Gasteiger partial charge in [0.1, 0.15) is 5.69 Å². The molecule has 0 aliphatic carbocycles. The molecule has 3 N–H and O–H groups in total. The smallest absolute Gasteiger partial charge is 0.252 e. The monoisotopic (exact) mass is 441 g/mol. The Morgan fingerprint density at radius 3 is 2.52 bits per heavy atom. The van der Waals surface area contributed by atoms with Gasteiger partial charge in [0.25, 0.3) is 5.91 Å². The van der Waals surface area contributed by atoms with Crippen molar-refractivity contribution in [2.45, 2.75) is 46.2 Å². The van der Waals surface area contributed by atoms with E-state index in [1.165, 1.54) is 0 Å². The molecule has 7 nitrogen and oxygen atoms in total. The first kappa shape index (κ1) is 24.9. The fourth-order valence-electron chi connectivity index (χ4n) is 2.89. The normalized spacial score (nSPS) is 13.1. The molecule has 0 aromatic carbocycles. The van der Waals surface area contributed by atoms with Crippen LogP contribution in [0, 0.1) is 5.92 Å². The SMILES string of the molecule is CC(C)n1ncc2c(C(=O)NC(C)(CN)C(C)C)cc(-c3ccco3)nc21.Cl.Cl. The molecule has 3 aromatic rings. The summed E-state index contributed by atoms with van der Waals surface area (Å²) in [5.41, 5.74) is 7.20. The first-order chi connectivity index (χ1) is 12.8. The van der Waals surface area contributed by atoms with E-state index < -0.39 is 5.54 Å². The highest BCUT2D eigenvalue weighted by Gasteiger charge is 2.30. The standard InChI is InChI=1S/C20H27N5O2.2ClH/c1-12(2)20(5,11-21)24-19(26)14-9-16(17-7-6-8-27-17)23-18-15(14)10-22-25(18)13(3)4;;/h6-10,12-13H,11,21H2,1-5H3,(H,24,26);2*1H. The fraction of sp³-hybridized carbons (Fsp3) is 0.450. The first-order valence-corrected chi connectivity index (χ1v) is 9.21. The lowest BCUT2D eigenvalue weighted by atomic mass is 9.88. The highest BCUT2D eigenvalue weighted by molar-refractivity contribution is 6.06. The number of nitrogens with zero attached hydrogens (tertiary/aromatic N) is 3. The Morgan fingerprint density at radius 2 is 2.00 bits per heavy atom. The summed E-state index contributed by atoms with van der Waals surface area (Å²) in [6, 6.07) is 5.48. The van der Waals surface area contributed by atoms with Crippen molar-refractivity contribution in [3.63, 3.8) is 0 Å². The van der Waals surface area contributed by atoms with Crippen LogP contribution in [-0.4, -0.2) is 32.8 Å². The van der Waals surface area contributed by atoms with Crippen molar-refractivity contribution in [3.8, 4) is 11.5 Å². The average molecular weight is 442 g/mol. The van der Waals surface area contributed by atoms with E-state index in [9.17, 15) is 4.79 Å². The van der Waals surface area contributed by atoms with Crippen molar-refractivity contribution >= 4 is 41.8 Å².